The molecule has 5 nitrogen and oxygen atoms in total. The SMILES string of the molecule is Cc1ccc2nc(N(CCC[NH+]3CCOCC3)C(=O)/C=C/c3ccccc3)sc2c1. The molecule has 0 radical (unpaired) electrons. The number of carbonyl (C=O) groups excluding carboxylic acids is 1. The maximum Gasteiger partial charge on any atom is 0.252 e. The third-order valence-corrected chi connectivity index (χ3v) is 6.40. The monoisotopic (exact) mass is 422 g/mol. The highest BCUT2D eigenvalue weighted by atomic mass is 32.1. The van der Waals surface area contributed by atoms with Crippen LogP contribution in [-0.4, -0.2) is 50.3 Å². The lowest BCUT2D eigenvalue weighted by Gasteiger charge is -2.25. The number of carbonyl (C=O) groups is 1. The van der Waals surface area contributed by atoms with Crippen LogP contribution in [0.1, 0.15) is 17.5 Å². The fourth-order valence-electron chi connectivity index (χ4n) is 3.65. The molecule has 1 N–H and O–H groups in total. The van der Waals surface area contributed by atoms with E-state index >= 15 is 0 Å². The summed E-state index contributed by atoms with van der Waals surface area (Å²) in [6.07, 6.45) is 4.48. The molecule has 2 aromatic carbocycles. The van der Waals surface area contributed by atoms with Crippen LogP contribution in [0.5, 0.6) is 0 Å². The lowest BCUT2D eigenvalue weighted by molar-refractivity contribution is -0.908. The molecule has 0 aliphatic carbocycles. The van der Waals surface area contributed by atoms with Gasteiger partial charge in [0.05, 0.1) is 30.0 Å². The molecule has 4 rings (SSSR count). The first-order valence-electron chi connectivity index (χ1n) is 10.5. The molecule has 0 saturated carbocycles. The Morgan fingerprint density at radius 1 is 1.20 bits per heavy atom. The van der Waals surface area contributed by atoms with Gasteiger partial charge in [-0.2, -0.15) is 0 Å². The highest BCUT2D eigenvalue weighted by Gasteiger charge is 2.20. The predicted molar refractivity (Wildman–Crippen MR) is 123 cm³/mol. The molecule has 0 spiro atoms. The number of aromatic nitrogens is 1. The summed E-state index contributed by atoms with van der Waals surface area (Å²) in [7, 11) is 0. The number of benzene rings is 2. The van der Waals surface area contributed by atoms with Crippen molar-refractivity contribution in [2.45, 2.75) is 13.3 Å². The Kier molecular flexibility index (Phi) is 6.89. The van der Waals surface area contributed by atoms with Crippen molar-refractivity contribution in [2.24, 2.45) is 0 Å². The van der Waals surface area contributed by atoms with Crippen LogP contribution >= 0.6 is 11.3 Å². The number of ether oxygens (including phenoxy) is 1. The largest absolute Gasteiger partial charge is 0.370 e. The van der Waals surface area contributed by atoms with Gasteiger partial charge in [0.2, 0.25) is 0 Å². The Morgan fingerprint density at radius 2 is 2.00 bits per heavy atom. The first kappa shape index (κ1) is 20.7. The van der Waals surface area contributed by atoms with Gasteiger partial charge in [-0.1, -0.05) is 47.7 Å². The summed E-state index contributed by atoms with van der Waals surface area (Å²) in [6, 6.07) is 16.2. The molecule has 1 aliphatic rings. The van der Waals surface area contributed by atoms with Crippen molar-refractivity contribution in [3.05, 3.63) is 65.7 Å². The van der Waals surface area contributed by atoms with Crippen LogP contribution in [-0.2, 0) is 9.53 Å². The second-order valence-electron chi connectivity index (χ2n) is 7.67. The van der Waals surface area contributed by atoms with Crippen LogP contribution in [0.4, 0.5) is 5.13 Å². The summed E-state index contributed by atoms with van der Waals surface area (Å²) in [5.74, 6) is -0.0217. The number of quaternary nitrogens is 1. The van der Waals surface area contributed by atoms with Gasteiger partial charge in [-0.25, -0.2) is 4.98 Å². The average Bonchev–Trinajstić information content (AvgIpc) is 3.19. The Bertz CT molecular complexity index is 1010. The minimum atomic E-state index is -0.0217. The van der Waals surface area contributed by atoms with E-state index in [0.29, 0.717) is 6.54 Å². The molecule has 6 heteroatoms. The van der Waals surface area contributed by atoms with Crippen molar-refractivity contribution in [3.8, 4) is 0 Å². The quantitative estimate of drug-likeness (QED) is 0.596. The molecule has 1 aromatic heterocycles. The topological polar surface area (TPSA) is 46.9 Å². The number of hydrogen-bond donors (Lipinski definition) is 1. The van der Waals surface area contributed by atoms with Crippen molar-refractivity contribution < 1.29 is 14.4 Å². The smallest absolute Gasteiger partial charge is 0.252 e. The van der Waals surface area contributed by atoms with E-state index in [-0.39, 0.29) is 5.91 Å². The molecule has 3 aromatic rings. The predicted octanol–water partition coefficient (Wildman–Crippen LogP) is 2.96. The number of nitrogens with one attached hydrogen (secondary N) is 1. The summed E-state index contributed by atoms with van der Waals surface area (Å²) < 4.78 is 6.57. The van der Waals surface area contributed by atoms with E-state index in [2.05, 4.69) is 19.1 Å². The molecule has 1 aliphatic heterocycles. The van der Waals surface area contributed by atoms with E-state index in [4.69, 9.17) is 9.72 Å². The molecule has 0 atom stereocenters. The van der Waals surface area contributed by atoms with Crippen LogP contribution in [0.25, 0.3) is 16.3 Å². The van der Waals surface area contributed by atoms with E-state index in [1.165, 1.54) is 5.56 Å². The lowest BCUT2D eigenvalue weighted by Crippen LogP contribution is -3.14. The number of amides is 1. The summed E-state index contributed by atoms with van der Waals surface area (Å²) in [5, 5.41) is 0.773. The van der Waals surface area contributed by atoms with E-state index in [0.717, 1.165) is 60.2 Å². The van der Waals surface area contributed by atoms with Gasteiger partial charge in [0.15, 0.2) is 5.13 Å². The number of aryl methyl sites for hydroxylation is 1. The van der Waals surface area contributed by atoms with Crippen LogP contribution in [0.3, 0.4) is 0 Å². The van der Waals surface area contributed by atoms with Crippen LogP contribution in [0.15, 0.2) is 54.6 Å². The van der Waals surface area contributed by atoms with Crippen LogP contribution in [0, 0.1) is 6.92 Å². The standard InChI is InChI=1S/C24H27N3O2S/c1-19-8-10-21-22(18-19)30-24(25-21)27(13-5-12-26-14-16-29-17-15-26)23(28)11-9-20-6-3-2-4-7-20/h2-4,6-11,18H,5,12-17H2,1H3/p+1/b11-9+. The van der Waals surface area contributed by atoms with Crippen LogP contribution < -0.4 is 9.80 Å². The van der Waals surface area contributed by atoms with E-state index in [1.807, 2.05) is 47.4 Å². The summed E-state index contributed by atoms with van der Waals surface area (Å²) in [5.41, 5.74) is 3.17. The molecule has 30 heavy (non-hydrogen) atoms. The van der Waals surface area contributed by atoms with Crippen molar-refractivity contribution in [1.82, 2.24) is 4.98 Å². The van der Waals surface area contributed by atoms with Crippen molar-refractivity contribution in [2.75, 3.05) is 44.3 Å². The summed E-state index contributed by atoms with van der Waals surface area (Å²) >= 11 is 1.59. The fraction of sp³-hybridized carbons (Fsp3) is 0.333. The van der Waals surface area contributed by atoms with Gasteiger partial charge in [-0.15, -0.1) is 0 Å². The minimum Gasteiger partial charge on any atom is -0.370 e. The Labute approximate surface area is 181 Å². The van der Waals surface area contributed by atoms with E-state index in [9.17, 15) is 4.79 Å². The molecule has 1 fully saturated rings. The van der Waals surface area contributed by atoms with Crippen molar-refractivity contribution >= 4 is 38.7 Å². The molecule has 156 valence electrons. The zero-order valence-corrected chi connectivity index (χ0v) is 18.2. The van der Waals surface area contributed by atoms with Crippen molar-refractivity contribution in [3.63, 3.8) is 0 Å². The van der Waals surface area contributed by atoms with Crippen LogP contribution in [0.2, 0.25) is 0 Å². The van der Waals surface area contributed by atoms with E-state index < -0.39 is 0 Å². The number of anilines is 1. The third-order valence-electron chi connectivity index (χ3n) is 5.36. The number of hydrogen-bond acceptors (Lipinski definition) is 4. The average molecular weight is 423 g/mol. The number of thiazole rings is 1. The molecule has 0 bridgehead atoms. The maximum atomic E-state index is 13.1. The third kappa shape index (κ3) is 5.33. The molecular formula is C24H28N3O2S+. The first-order valence-corrected chi connectivity index (χ1v) is 11.3. The van der Waals surface area contributed by atoms with Gasteiger partial charge in [0, 0.05) is 19.0 Å². The number of fused-ring (bicyclic) bond motifs is 1. The summed E-state index contributed by atoms with van der Waals surface area (Å²) in [4.78, 5) is 21.3. The van der Waals surface area contributed by atoms with Gasteiger partial charge in [0.1, 0.15) is 13.1 Å². The second kappa shape index (κ2) is 9.98. The van der Waals surface area contributed by atoms with Gasteiger partial charge in [-0.05, 0) is 36.3 Å². The van der Waals surface area contributed by atoms with E-state index in [1.54, 1.807) is 22.3 Å². The zero-order chi connectivity index (χ0) is 20.8. The normalized spacial score (nSPS) is 15.1. The Balaban J connectivity index is 1.51. The maximum absolute atomic E-state index is 13.1. The van der Waals surface area contributed by atoms with Gasteiger partial charge in [-0.3, -0.25) is 9.69 Å². The lowest BCUT2D eigenvalue weighted by atomic mass is 10.2. The highest BCUT2D eigenvalue weighted by Crippen LogP contribution is 2.30. The Hall–Kier alpha value is -2.54. The summed E-state index contributed by atoms with van der Waals surface area (Å²) in [6.45, 7) is 7.53. The minimum absolute atomic E-state index is 0.0217. The molecule has 1 saturated heterocycles. The number of morpholine rings is 1. The Morgan fingerprint density at radius 3 is 2.80 bits per heavy atom. The van der Waals surface area contributed by atoms with Crippen molar-refractivity contribution in [1.29, 1.82) is 0 Å². The van der Waals surface area contributed by atoms with Gasteiger partial charge in [0.25, 0.3) is 5.91 Å². The van der Waals surface area contributed by atoms with Gasteiger partial charge >= 0.3 is 0 Å². The fourth-order valence-corrected chi connectivity index (χ4v) is 4.75. The molecule has 2 heterocycles. The molecule has 1 amide bonds. The number of nitrogens with zero attached hydrogens (tertiary/aromatic N) is 2. The highest BCUT2D eigenvalue weighted by molar-refractivity contribution is 7.22. The molecular weight excluding hydrogens is 394 g/mol. The zero-order valence-electron chi connectivity index (χ0n) is 17.3. The molecule has 0 unspecified atom stereocenters. The van der Waals surface area contributed by atoms with Gasteiger partial charge < -0.3 is 9.64 Å². The first-order chi connectivity index (χ1) is 14.7. The number of rotatable bonds is 7. The second-order valence-corrected chi connectivity index (χ2v) is 8.68.